The molecule has 6 heteroatoms. The zero-order valence-electron chi connectivity index (χ0n) is 13.5. The highest BCUT2D eigenvalue weighted by molar-refractivity contribution is 5.78. The van der Waals surface area contributed by atoms with Gasteiger partial charge in [0.2, 0.25) is 5.91 Å². The van der Waals surface area contributed by atoms with Crippen LogP contribution in [0.1, 0.15) is 17.7 Å². The molecule has 1 aliphatic rings. The molecule has 3 heterocycles. The molecule has 1 saturated heterocycles. The van der Waals surface area contributed by atoms with Gasteiger partial charge in [0, 0.05) is 50.5 Å². The van der Waals surface area contributed by atoms with Crippen LogP contribution in [0, 0.1) is 5.92 Å². The van der Waals surface area contributed by atoms with Crippen LogP contribution >= 0.6 is 0 Å². The molecule has 1 aliphatic heterocycles. The van der Waals surface area contributed by atoms with Crippen molar-refractivity contribution in [1.29, 1.82) is 0 Å². The summed E-state index contributed by atoms with van der Waals surface area (Å²) in [5.74, 6) is 0.731. The second-order valence-electron chi connectivity index (χ2n) is 6.31. The third-order valence-corrected chi connectivity index (χ3v) is 4.28. The van der Waals surface area contributed by atoms with Gasteiger partial charge in [0.05, 0.1) is 6.42 Å². The first kappa shape index (κ1) is 15.7. The van der Waals surface area contributed by atoms with E-state index in [9.17, 15) is 4.79 Å². The second kappa shape index (κ2) is 7.37. The Kier molecular flexibility index (Phi) is 5.02. The van der Waals surface area contributed by atoms with Crippen LogP contribution in [-0.4, -0.2) is 57.6 Å². The molecule has 3 rings (SSSR count). The van der Waals surface area contributed by atoms with Crippen molar-refractivity contribution < 1.29 is 4.79 Å². The van der Waals surface area contributed by atoms with Crippen LogP contribution in [0.5, 0.6) is 0 Å². The number of nitrogens with zero attached hydrogens (tertiary/aromatic N) is 4. The van der Waals surface area contributed by atoms with Gasteiger partial charge in [0.15, 0.2) is 0 Å². The number of aromatic nitrogens is 3. The summed E-state index contributed by atoms with van der Waals surface area (Å²) in [6, 6.07) is 5.92. The number of amides is 1. The summed E-state index contributed by atoms with van der Waals surface area (Å²) in [6.45, 7) is 3.61. The minimum Gasteiger partial charge on any atom is -0.342 e. The van der Waals surface area contributed by atoms with E-state index in [0.29, 0.717) is 12.3 Å². The Labute approximate surface area is 136 Å². The third kappa shape index (κ3) is 4.39. The maximum absolute atomic E-state index is 12.3. The van der Waals surface area contributed by atoms with Gasteiger partial charge in [-0.05, 0) is 37.1 Å². The molecule has 0 bridgehead atoms. The number of carbonyl (C=O) groups excluding carboxylic acids is 1. The lowest BCUT2D eigenvalue weighted by Gasteiger charge is -2.21. The molecule has 2 aromatic rings. The van der Waals surface area contributed by atoms with Gasteiger partial charge < -0.3 is 9.80 Å². The standard InChI is InChI=1S/C17H23N5O/c1-21(11-14-3-2-6-18-10-14)12-15-5-8-22(13-15)17(23)9-16-4-7-19-20-16/h2-4,6-7,10,15H,5,8-9,11-13H2,1H3,(H,19,20)/t15-/m1/s1. The van der Waals surface area contributed by atoms with Crippen LogP contribution in [0.25, 0.3) is 0 Å². The number of hydrogen-bond acceptors (Lipinski definition) is 4. The van der Waals surface area contributed by atoms with Crippen molar-refractivity contribution in [3.63, 3.8) is 0 Å². The van der Waals surface area contributed by atoms with E-state index < -0.39 is 0 Å². The maximum atomic E-state index is 12.3. The molecular weight excluding hydrogens is 290 g/mol. The van der Waals surface area contributed by atoms with Crippen LogP contribution in [0.3, 0.4) is 0 Å². The zero-order chi connectivity index (χ0) is 16.1. The molecule has 2 aromatic heterocycles. The molecule has 0 aromatic carbocycles. The summed E-state index contributed by atoms with van der Waals surface area (Å²) in [4.78, 5) is 20.7. The number of hydrogen-bond donors (Lipinski definition) is 1. The van der Waals surface area contributed by atoms with E-state index in [2.05, 4.69) is 33.2 Å². The molecule has 6 nitrogen and oxygen atoms in total. The number of carbonyl (C=O) groups is 1. The SMILES string of the molecule is CN(Cc1cccnc1)C[C@H]1CCN(C(=O)Cc2ccn[nH]2)C1. The molecule has 0 unspecified atom stereocenters. The van der Waals surface area contributed by atoms with Crippen LogP contribution in [0.2, 0.25) is 0 Å². The number of rotatable bonds is 6. The Hall–Kier alpha value is -2.21. The summed E-state index contributed by atoms with van der Waals surface area (Å²) in [5, 5.41) is 6.74. The largest absolute Gasteiger partial charge is 0.342 e. The summed E-state index contributed by atoms with van der Waals surface area (Å²) in [5.41, 5.74) is 2.10. The van der Waals surface area contributed by atoms with E-state index in [4.69, 9.17) is 0 Å². The molecule has 122 valence electrons. The van der Waals surface area contributed by atoms with E-state index >= 15 is 0 Å². The average Bonchev–Trinajstić information content (AvgIpc) is 3.20. The van der Waals surface area contributed by atoms with Gasteiger partial charge in [-0.1, -0.05) is 6.07 Å². The Morgan fingerprint density at radius 2 is 2.35 bits per heavy atom. The quantitative estimate of drug-likeness (QED) is 0.874. The van der Waals surface area contributed by atoms with Crippen LogP contribution in [0.15, 0.2) is 36.8 Å². The highest BCUT2D eigenvalue weighted by Crippen LogP contribution is 2.18. The van der Waals surface area contributed by atoms with Gasteiger partial charge in [-0.2, -0.15) is 5.10 Å². The van der Waals surface area contributed by atoms with Gasteiger partial charge >= 0.3 is 0 Å². The Morgan fingerprint density at radius 3 is 3.09 bits per heavy atom. The highest BCUT2D eigenvalue weighted by Gasteiger charge is 2.27. The van der Waals surface area contributed by atoms with Crippen LogP contribution in [-0.2, 0) is 17.8 Å². The Balaban J connectivity index is 1.45. The summed E-state index contributed by atoms with van der Waals surface area (Å²) >= 11 is 0. The molecule has 1 amide bonds. The molecular formula is C17H23N5O. The smallest absolute Gasteiger partial charge is 0.228 e. The lowest BCUT2D eigenvalue weighted by atomic mass is 10.1. The number of H-pyrrole nitrogens is 1. The van der Waals surface area contributed by atoms with Gasteiger partial charge in [-0.15, -0.1) is 0 Å². The highest BCUT2D eigenvalue weighted by atomic mass is 16.2. The van der Waals surface area contributed by atoms with E-state index in [-0.39, 0.29) is 5.91 Å². The van der Waals surface area contributed by atoms with E-state index in [1.807, 2.05) is 23.2 Å². The van der Waals surface area contributed by atoms with Crippen molar-refractivity contribution in [2.75, 3.05) is 26.7 Å². The summed E-state index contributed by atoms with van der Waals surface area (Å²) in [6.07, 6.45) is 6.88. The summed E-state index contributed by atoms with van der Waals surface area (Å²) < 4.78 is 0. The molecule has 1 atom stereocenters. The lowest BCUT2D eigenvalue weighted by Crippen LogP contribution is -2.32. The zero-order valence-corrected chi connectivity index (χ0v) is 13.5. The molecule has 0 aliphatic carbocycles. The van der Waals surface area contributed by atoms with Crippen molar-refractivity contribution in [2.45, 2.75) is 19.4 Å². The normalized spacial score (nSPS) is 17.8. The van der Waals surface area contributed by atoms with E-state index in [0.717, 1.165) is 38.3 Å². The minimum atomic E-state index is 0.187. The predicted molar refractivity (Wildman–Crippen MR) is 87.5 cm³/mol. The third-order valence-electron chi connectivity index (χ3n) is 4.28. The van der Waals surface area contributed by atoms with Gasteiger partial charge in [-0.3, -0.25) is 14.9 Å². The van der Waals surface area contributed by atoms with Crippen molar-refractivity contribution in [1.82, 2.24) is 25.0 Å². The topological polar surface area (TPSA) is 65.1 Å². The fourth-order valence-electron chi connectivity index (χ4n) is 3.17. The first-order valence-electron chi connectivity index (χ1n) is 8.04. The van der Waals surface area contributed by atoms with Crippen molar-refractivity contribution >= 4 is 5.91 Å². The van der Waals surface area contributed by atoms with Crippen molar-refractivity contribution in [3.8, 4) is 0 Å². The fourth-order valence-corrected chi connectivity index (χ4v) is 3.17. The molecule has 1 fully saturated rings. The maximum Gasteiger partial charge on any atom is 0.228 e. The number of pyridine rings is 1. The van der Waals surface area contributed by atoms with Gasteiger partial charge in [-0.25, -0.2) is 0 Å². The Bertz CT molecular complexity index is 613. The molecule has 0 saturated carbocycles. The number of aromatic amines is 1. The average molecular weight is 313 g/mol. The van der Waals surface area contributed by atoms with Crippen LogP contribution in [0.4, 0.5) is 0 Å². The summed E-state index contributed by atoms with van der Waals surface area (Å²) in [7, 11) is 2.13. The molecule has 0 spiro atoms. The van der Waals surface area contributed by atoms with E-state index in [1.54, 1.807) is 12.4 Å². The molecule has 23 heavy (non-hydrogen) atoms. The van der Waals surface area contributed by atoms with Gasteiger partial charge in [0.1, 0.15) is 0 Å². The molecule has 1 N–H and O–H groups in total. The first-order chi connectivity index (χ1) is 11.2. The lowest BCUT2D eigenvalue weighted by molar-refractivity contribution is -0.129. The number of likely N-dealkylation sites (tertiary alicyclic amines) is 1. The van der Waals surface area contributed by atoms with E-state index in [1.165, 1.54) is 5.56 Å². The fraction of sp³-hybridized carbons (Fsp3) is 0.471. The molecule has 0 radical (unpaired) electrons. The van der Waals surface area contributed by atoms with Crippen molar-refractivity contribution in [2.24, 2.45) is 5.92 Å². The van der Waals surface area contributed by atoms with Crippen molar-refractivity contribution in [3.05, 3.63) is 48.0 Å². The number of nitrogens with one attached hydrogen (secondary N) is 1. The van der Waals surface area contributed by atoms with Gasteiger partial charge in [0.25, 0.3) is 0 Å². The first-order valence-corrected chi connectivity index (χ1v) is 8.04. The minimum absolute atomic E-state index is 0.187. The van der Waals surface area contributed by atoms with Crippen LogP contribution < -0.4 is 0 Å². The second-order valence-corrected chi connectivity index (χ2v) is 6.31. The monoisotopic (exact) mass is 313 g/mol. The Morgan fingerprint density at radius 1 is 1.43 bits per heavy atom. The predicted octanol–water partition coefficient (Wildman–Crippen LogP) is 1.33.